The van der Waals surface area contributed by atoms with Gasteiger partial charge in [-0.3, -0.25) is 4.90 Å². The summed E-state index contributed by atoms with van der Waals surface area (Å²) >= 11 is 1.55. The fourth-order valence-corrected chi connectivity index (χ4v) is 3.92. The minimum atomic E-state index is 0.624. The molecule has 2 N–H and O–H groups in total. The van der Waals surface area contributed by atoms with Crippen LogP contribution in [0.4, 0.5) is 5.13 Å². The highest BCUT2D eigenvalue weighted by Gasteiger charge is 2.23. The van der Waals surface area contributed by atoms with Crippen LogP contribution in [0, 0.1) is 0 Å². The first kappa shape index (κ1) is 16.9. The third kappa shape index (κ3) is 3.27. The van der Waals surface area contributed by atoms with E-state index in [9.17, 15) is 0 Å². The molecule has 7 heteroatoms. The number of benzene rings is 1. The van der Waals surface area contributed by atoms with E-state index < -0.39 is 0 Å². The molecule has 2 heterocycles. The number of aromatic nitrogens is 1. The van der Waals surface area contributed by atoms with E-state index in [0.717, 1.165) is 44.0 Å². The maximum Gasteiger partial charge on any atom is 0.203 e. The van der Waals surface area contributed by atoms with Crippen molar-refractivity contribution in [1.29, 1.82) is 0 Å². The van der Waals surface area contributed by atoms with Gasteiger partial charge in [0.25, 0.3) is 0 Å². The second-order valence-electron chi connectivity index (χ2n) is 5.72. The molecule has 1 aromatic carbocycles. The Morgan fingerprint density at radius 2 is 1.88 bits per heavy atom. The number of anilines is 1. The summed E-state index contributed by atoms with van der Waals surface area (Å²) in [6, 6.07) is 2.07. The monoisotopic (exact) mass is 349 g/mol. The van der Waals surface area contributed by atoms with Gasteiger partial charge in [0.1, 0.15) is 0 Å². The van der Waals surface area contributed by atoms with Crippen molar-refractivity contribution in [3.8, 4) is 17.2 Å². The summed E-state index contributed by atoms with van der Waals surface area (Å²) in [6.45, 7) is 2.81. The summed E-state index contributed by atoms with van der Waals surface area (Å²) in [4.78, 5) is 7.75. The summed E-state index contributed by atoms with van der Waals surface area (Å²) in [6.07, 6.45) is 3.72. The molecule has 0 unspecified atom stereocenters. The zero-order valence-corrected chi connectivity index (χ0v) is 15.1. The lowest BCUT2D eigenvalue weighted by atomic mass is 10.0. The van der Waals surface area contributed by atoms with Gasteiger partial charge in [0, 0.05) is 36.3 Å². The lowest BCUT2D eigenvalue weighted by molar-refractivity contribution is 0.280. The van der Waals surface area contributed by atoms with Crippen LogP contribution in [0.3, 0.4) is 0 Å². The average molecular weight is 349 g/mol. The van der Waals surface area contributed by atoms with Crippen LogP contribution in [-0.4, -0.2) is 44.3 Å². The smallest absolute Gasteiger partial charge is 0.203 e. The van der Waals surface area contributed by atoms with E-state index in [4.69, 9.17) is 19.9 Å². The molecule has 1 aromatic heterocycles. The van der Waals surface area contributed by atoms with Crippen molar-refractivity contribution in [2.24, 2.45) is 0 Å². The molecule has 6 nitrogen and oxygen atoms in total. The Kier molecular flexibility index (Phi) is 5.11. The summed E-state index contributed by atoms with van der Waals surface area (Å²) < 4.78 is 16.6. The first-order valence-electron chi connectivity index (χ1n) is 7.89. The van der Waals surface area contributed by atoms with Crippen molar-refractivity contribution in [2.45, 2.75) is 19.4 Å². The summed E-state index contributed by atoms with van der Waals surface area (Å²) in [5.74, 6) is 2.18. The number of rotatable bonds is 5. The third-order valence-corrected chi connectivity index (χ3v) is 5.16. The Labute approximate surface area is 146 Å². The van der Waals surface area contributed by atoms with Crippen LogP contribution >= 0.6 is 11.3 Å². The van der Waals surface area contributed by atoms with Gasteiger partial charge in [0.15, 0.2) is 16.6 Å². The Hall–Kier alpha value is -1.99. The molecule has 24 heavy (non-hydrogen) atoms. The SMILES string of the molecule is COc1cc2c(c(OC)c1OC)CCN(Cc1cnc(N)s1)CC2. The number of nitrogen functional groups attached to an aromatic ring is 1. The maximum absolute atomic E-state index is 5.73. The zero-order chi connectivity index (χ0) is 17.1. The Bertz CT molecular complexity index is 717. The zero-order valence-electron chi connectivity index (χ0n) is 14.3. The van der Waals surface area contributed by atoms with Gasteiger partial charge in [-0.05, 0) is 24.5 Å². The predicted molar refractivity (Wildman–Crippen MR) is 95.3 cm³/mol. The number of hydrogen-bond acceptors (Lipinski definition) is 7. The molecular weight excluding hydrogens is 326 g/mol. The van der Waals surface area contributed by atoms with E-state index in [1.54, 1.807) is 32.7 Å². The van der Waals surface area contributed by atoms with Crippen LogP contribution in [0.1, 0.15) is 16.0 Å². The average Bonchev–Trinajstić information content (AvgIpc) is 2.89. The number of hydrogen-bond donors (Lipinski definition) is 1. The first-order valence-corrected chi connectivity index (χ1v) is 8.71. The molecule has 3 rings (SSSR count). The second-order valence-corrected chi connectivity index (χ2v) is 6.87. The van der Waals surface area contributed by atoms with Crippen LogP contribution in [0.25, 0.3) is 0 Å². The fraction of sp³-hybridized carbons (Fsp3) is 0.471. The lowest BCUT2D eigenvalue weighted by Crippen LogP contribution is -2.25. The van der Waals surface area contributed by atoms with Gasteiger partial charge in [-0.2, -0.15) is 0 Å². The van der Waals surface area contributed by atoms with E-state index in [0.29, 0.717) is 10.9 Å². The van der Waals surface area contributed by atoms with E-state index in [2.05, 4.69) is 16.0 Å². The topological polar surface area (TPSA) is 69.8 Å². The molecule has 1 aliphatic rings. The van der Waals surface area contributed by atoms with E-state index in [1.165, 1.54) is 16.0 Å². The van der Waals surface area contributed by atoms with Crippen molar-refractivity contribution in [2.75, 3.05) is 40.2 Å². The highest BCUT2D eigenvalue weighted by atomic mass is 32.1. The molecule has 0 saturated heterocycles. The number of ether oxygens (including phenoxy) is 3. The van der Waals surface area contributed by atoms with Crippen LogP contribution < -0.4 is 19.9 Å². The highest BCUT2D eigenvalue weighted by Crippen LogP contribution is 2.43. The first-order chi connectivity index (χ1) is 11.7. The summed E-state index contributed by atoms with van der Waals surface area (Å²) in [5.41, 5.74) is 8.20. The molecule has 2 aromatic rings. The van der Waals surface area contributed by atoms with Crippen molar-refractivity contribution >= 4 is 16.5 Å². The Morgan fingerprint density at radius 1 is 1.12 bits per heavy atom. The number of fused-ring (bicyclic) bond motifs is 1. The molecular formula is C17H23N3O3S. The molecule has 0 aliphatic carbocycles. The normalized spacial score (nSPS) is 14.8. The van der Waals surface area contributed by atoms with Gasteiger partial charge in [0.2, 0.25) is 5.75 Å². The minimum Gasteiger partial charge on any atom is -0.493 e. The maximum atomic E-state index is 5.73. The number of methoxy groups -OCH3 is 3. The third-order valence-electron chi connectivity index (χ3n) is 4.35. The molecule has 0 saturated carbocycles. The van der Waals surface area contributed by atoms with Gasteiger partial charge >= 0.3 is 0 Å². The van der Waals surface area contributed by atoms with Gasteiger partial charge in [-0.1, -0.05) is 0 Å². The van der Waals surface area contributed by atoms with E-state index in [-0.39, 0.29) is 0 Å². The minimum absolute atomic E-state index is 0.624. The fourth-order valence-electron chi connectivity index (χ4n) is 3.20. The number of thiazole rings is 1. The Balaban J connectivity index is 1.84. The van der Waals surface area contributed by atoms with Crippen molar-refractivity contribution in [1.82, 2.24) is 9.88 Å². The quantitative estimate of drug-likeness (QED) is 0.894. The van der Waals surface area contributed by atoms with Gasteiger partial charge in [0.05, 0.1) is 21.3 Å². The number of nitrogens with two attached hydrogens (primary N) is 1. The second kappa shape index (κ2) is 7.27. The largest absolute Gasteiger partial charge is 0.493 e. The Morgan fingerprint density at radius 3 is 2.50 bits per heavy atom. The van der Waals surface area contributed by atoms with E-state index in [1.807, 2.05) is 6.20 Å². The molecule has 1 aliphatic heterocycles. The van der Waals surface area contributed by atoms with Gasteiger partial charge < -0.3 is 19.9 Å². The van der Waals surface area contributed by atoms with E-state index >= 15 is 0 Å². The van der Waals surface area contributed by atoms with Crippen LogP contribution in [0.15, 0.2) is 12.3 Å². The van der Waals surface area contributed by atoms with Crippen molar-refractivity contribution < 1.29 is 14.2 Å². The lowest BCUT2D eigenvalue weighted by Gasteiger charge is -2.18. The predicted octanol–water partition coefficient (Wildman–Crippen LogP) is 2.35. The van der Waals surface area contributed by atoms with Crippen molar-refractivity contribution in [3.05, 3.63) is 28.3 Å². The molecule has 0 radical (unpaired) electrons. The number of nitrogens with zero attached hydrogens (tertiary/aromatic N) is 2. The highest BCUT2D eigenvalue weighted by molar-refractivity contribution is 7.15. The van der Waals surface area contributed by atoms with Crippen LogP contribution in [-0.2, 0) is 19.4 Å². The molecule has 0 spiro atoms. The standard InChI is InChI=1S/C17H23N3O3S/c1-21-14-8-11-4-6-20(10-12-9-19-17(18)24-12)7-5-13(11)15(22-2)16(14)23-3/h8-9H,4-7,10H2,1-3H3,(H2,18,19). The molecule has 0 bridgehead atoms. The molecule has 130 valence electrons. The van der Waals surface area contributed by atoms with Gasteiger partial charge in [-0.15, -0.1) is 11.3 Å². The van der Waals surface area contributed by atoms with Gasteiger partial charge in [-0.25, -0.2) is 4.98 Å². The summed E-state index contributed by atoms with van der Waals surface area (Å²) in [7, 11) is 4.98. The summed E-state index contributed by atoms with van der Waals surface area (Å²) in [5, 5.41) is 0.624. The van der Waals surface area contributed by atoms with Crippen LogP contribution in [0.2, 0.25) is 0 Å². The van der Waals surface area contributed by atoms with Crippen LogP contribution in [0.5, 0.6) is 17.2 Å². The van der Waals surface area contributed by atoms with Crippen molar-refractivity contribution in [3.63, 3.8) is 0 Å². The molecule has 0 amide bonds. The molecule has 0 atom stereocenters. The molecule has 0 fully saturated rings.